The van der Waals surface area contributed by atoms with Gasteiger partial charge in [-0.05, 0) is 76.9 Å². The summed E-state index contributed by atoms with van der Waals surface area (Å²) in [6.45, 7) is 17.0. The molecular formula is C24H47NO8Si3. The van der Waals surface area contributed by atoms with Gasteiger partial charge in [0.05, 0.1) is 22.7 Å². The van der Waals surface area contributed by atoms with Gasteiger partial charge in [0.25, 0.3) is 5.91 Å². The molecular weight excluding hydrogens is 515 g/mol. The number of aliphatic hydroxyl groups is 1. The number of carbonyl (C=O) groups is 3. The highest BCUT2D eigenvalue weighted by atomic mass is 28.4. The van der Waals surface area contributed by atoms with E-state index in [1.54, 1.807) is 6.92 Å². The second kappa shape index (κ2) is 14.6. The lowest BCUT2D eigenvalue weighted by Gasteiger charge is -2.39. The summed E-state index contributed by atoms with van der Waals surface area (Å²) >= 11 is 0. The normalized spacial score (nSPS) is 22.2. The van der Waals surface area contributed by atoms with Gasteiger partial charge in [-0.15, -0.1) is 0 Å². The first kappa shape index (κ1) is 32.7. The third kappa shape index (κ3) is 11.8. The molecule has 0 heterocycles. The highest BCUT2D eigenvalue weighted by Crippen LogP contribution is 2.38. The molecule has 208 valence electrons. The molecule has 0 saturated heterocycles. The zero-order valence-corrected chi connectivity index (χ0v) is 27.0. The van der Waals surface area contributed by atoms with Gasteiger partial charge in [-0.3, -0.25) is 4.79 Å². The molecule has 0 radical (unpaired) electrons. The predicted molar refractivity (Wildman–Crippen MR) is 147 cm³/mol. The van der Waals surface area contributed by atoms with Gasteiger partial charge in [0.15, 0.2) is 16.6 Å². The van der Waals surface area contributed by atoms with Crippen molar-refractivity contribution in [2.24, 2.45) is 5.92 Å². The van der Waals surface area contributed by atoms with Crippen molar-refractivity contribution in [3.8, 4) is 0 Å². The van der Waals surface area contributed by atoms with Gasteiger partial charge in [0.2, 0.25) is 0 Å². The lowest BCUT2D eigenvalue weighted by Crippen LogP contribution is -2.46. The molecule has 4 unspecified atom stereocenters. The Bertz CT molecular complexity index is 749. The zero-order chi connectivity index (χ0) is 27.7. The summed E-state index contributed by atoms with van der Waals surface area (Å²) < 4.78 is 23.0. The van der Waals surface area contributed by atoms with Crippen molar-refractivity contribution in [3.05, 3.63) is 12.2 Å². The summed E-state index contributed by atoms with van der Waals surface area (Å²) in [6.07, 6.45) is 2.54. The molecule has 0 spiro atoms. The van der Waals surface area contributed by atoms with E-state index in [4.69, 9.17) is 13.6 Å². The molecule has 1 saturated carbocycles. The molecule has 1 fully saturated rings. The molecule has 1 aliphatic carbocycles. The minimum Gasteiger partial charge on any atom is -0.466 e. The number of aliphatic hydroxyl groups excluding tert-OH is 1. The van der Waals surface area contributed by atoms with Crippen molar-refractivity contribution in [2.75, 3.05) is 13.7 Å². The number of likely N-dealkylation sites (N-methyl/N-ethyl adjacent to an activating group) is 1. The molecule has 0 aromatic carbocycles. The molecule has 0 aromatic rings. The fourth-order valence-electron chi connectivity index (χ4n) is 4.41. The van der Waals surface area contributed by atoms with Crippen molar-refractivity contribution < 1.29 is 37.8 Å². The van der Waals surface area contributed by atoms with Crippen LogP contribution in [-0.4, -0.2) is 85.9 Å². The Labute approximate surface area is 221 Å². The quantitative estimate of drug-likeness (QED) is 0.167. The van der Waals surface area contributed by atoms with Crippen LogP contribution in [0.4, 0.5) is 4.79 Å². The van der Waals surface area contributed by atoms with Crippen molar-refractivity contribution in [3.63, 3.8) is 0 Å². The number of hydrogen-bond donors (Lipinski definition) is 1. The molecule has 0 bridgehead atoms. The molecule has 1 aliphatic rings. The second-order valence-electron chi connectivity index (χ2n) is 11.3. The average molecular weight is 562 g/mol. The first-order valence-electron chi connectivity index (χ1n) is 12.9. The third-order valence-electron chi connectivity index (χ3n) is 6.07. The van der Waals surface area contributed by atoms with Crippen molar-refractivity contribution in [1.29, 1.82) is 0 Å². The lowest BCUT2D eigenvalue weighted by molar-refractivity contribution is -0.135. The summed E-state index contributed by atoms with van der Waals surface area (Å²) in [4.78, 5) is 37.3. The van der Waals surface area contributed by atoms with Crippen LogP contribution in [0.2, 0.25) is 44.8 Å². The van der Waals surface area contributed by atoms with E-state index >= 15 is 0 Å². The van der Waals surface area contributed by atoms with Crippen LogP contribution in [-0.2, 0) is 27.9 Å². The second-order valence-corrected chi connectivity index (χ2v) is 22.4. The topological polar surface area (TPSA) is 112 Å². The van der Waals surface area contributed by atoms with Gasteiger partial charge in [-0.25, -0.2) is 14.5 Å². The number of nitrogens with zero attached hydrogens (tertiary/aromatic N) is 1. The maximum absolute atomic E-state index is 12.8. The SMILES string of the molecule is CCC([SiH2]C(O[Si](C)(C)C)O[Si](C)(C)C)C1CCC(O)C(OC(=O)N(CC)C(=O)C=CC(=O)OC)C1. The number of imide groups is 1. The standard InChI is InChI=1S/C24H47NO8Si3/c1-10-20(34-24(32-35(4,5)6)33-36(7,8)9)17-12-13-18(26)19(16-17)31-23(29)25(11-2)21(27)14-15-22(28)30-3/h14-15,17-20,24,26H,10-13,16,34H2,1-9H3. The number of carbonyl (C=O) groups excluding carboxylic acids is 3. The molecule has 0 aromatic heterocycles. The summed E-state index contributed by atoms with van der Waals surface area (Å²) in [7, 11) is -3.17. The lowest BCUT2D eigenvalue weighted by atomic mass is 9.82. The first-order valence-corrected chi connectivity index (χ1v) is 21.4. The van der Waals surface area contributed by atoms with E-state index in [9.17, 15) is 19.5 Å². The van der Waals surface area contributed by atoms with Crippen LogP contribution in [0.5, 0.6) is 0 Å². The number of rotatable bonds is 12. The number of methoxy groups -OCH3 is 1. The van der Waals surface area contributed by atoms with Crippen LogP contribution >= 0.6 is 0 Å². The van der Waals surface area contributed by atoms with Crippen LogP contribution in [0.1, 0.15) is 39.5 Å². The predicted octanol–water partition coefficient (Wildman–Crippen LogP) is 3.58. The first-order chi connectivity index (χ1) is 16.6. The van der Waals surface area contributed by atoms with E-state index in [0.29, 0.717) is 18.4 Å². The van der Waals surface area contributed by atoms with Crippen LogP contribution in [0.25, 0.3) is 0 Å². The van der Waals surface area contributed by atoms with Crippen LogP contribution in [0, 0.1) is 5.92 Å². The fraction of sp³-hybridized carbons (Fsp3) is 0.792. The minimum absolute atomic E-state index is 0.0731. The van der Waals surface area contributed by atoms with Crippen molar-refractivity contribution in [2.45, 2.75) is 102 Å². The van der Waals surface area contributed by atoms with E-state index < -0.39 is 56.3 Å². The van der Waals surface area contributed by atoms with Crippen LogP contribution in [0.3, 0.4) is 0 Å². The minimum atomic E-state index is -1.79. The number of esters is 1. The third-order valence-corrected chi connectivity index (χ3v) is 11.2. The summed E-state index contributed by atoms with van der Waals surface area (Å²) in [6, 6.07) is 0. The van der Waals surface area contributed by atoms with Crippen LogP contribution < -0.4 is 0 Å². The van der Waals surface area contributed by atoms with E-state index in [1.807, 2.05) is 0 Å². The Hall–Kier alpha value is -1.32. The molecule has 9 nitrogen and oxygen atoms in total. The Morgan fingerprint density at radius 3 is 2.08 bits per heavy atom. The molecule has 0 aliphatic heterocycles. The molecule has 2 amide bonds. The van der Waals surface area contributed by atoms with Gasteiger partial charge in [0, 0.05) is 18.7 Å². The molecule has 12 heteroatoms. The summed E-state index contributed by atoms with van der Waals surface area (Å²) in [5.41, 5.74) is 0.420. The Kier molecular flexibility index (Phi) is 13.2. The summed E-state index contributed by atoms with van der Waals surface area (Å²) in [5, 5.41) is 10.6. The van der Waals surface area contributed by atoms with Gasteiger partial charge in [-0.1, -0.05) is 13.3 Å². The number of amides is 2. The highest BCUT2D eigenvalue weighted by molar-refractivity contribution is 6.71. The van der Waals surface area contributed by atoms with E-state index in [-0.39, 0.29) is 18.4 Å². The maximum atomic E-state index is 12.8. The zero-order valence-electron chi connectivity index (χ0n) is 23.5. The van der Waals surface area contributed by atoms with Gasteiger partial charge < -0.3 is 23.4 Å². The van der Waals surface area contributed by atoms with Gasteiger partial charge in [0.1, 0.15) is 12.0 Å². The Morgan fingerprint density at radius 2 is 1.61 bits per heavy atom. The number of hydrogen-bond acceptors (Lipinski definition) is 8. The van der Waals surface area contributed by atoms with Gasteiger partial charge in [-0.2, -0.15) is 0 Å². The van der Waals surface area contributed by atoms with E-state index in [0.717, 1.165) is 29.9 Å². The number of ether oxygens (including phenoxy) is 2. The van der Waals surface area contributed by atoms with E-state index in [1.165, 1.54) is 7.11 Å². The van der Waals surface area contributed by atoms with E-state index in [2.05, 4.69) is 50.9 Å². The molecule has 4 atom stereocenters. The monoisotopic (exact) mass is 561 g/mol. The maximum Gasteiger partial charge on any atom is 0.417 e. The molecule has 36 heavy (non-hydrogen) atoms. The van der Waals surface area contributed by atoms with Crippen LogP contribution in [0.15, 0.2) is 12.2 Å². The average Bonchev–Trinajstić information content (AvgIpc) is 2.75. The molecule has 1 rings (SSSR count). The smallest absolute Gasteiger partial charge is 0.417 e. The van der Waals surface area contributed by atoms with Gasteiger partial charge >= 0.3 is 12.1 Å². The van der Waals surface area contributed by atoms with Crippen molar-refractivity contribution in [1.82, 2.24) is 4.90 Å². The largest absolute Gasteiger partial charge is 0.466 e. The molecule has 1 N–H and O–H groups in total. The highest BCUT2D eigenvalue weighted by Gasteiger charge is 2.38. The Morgan fingerprint density at radius 1 is 1.03 bits per heavy atom. The fourth-order valence-corrected chi connectivity index (χ4v) is 11.6. The van der Waals surface area contributed by atoms with Crippen molar-refractivity contribution >= 4 is 44.1 Å². The summed E-state index contributed by atoms with van der Waals surface area (Å²) in [5.74, 6) is -1.21. The Balaban J connectivity index is 2.92.